The average Bonchev–Trinajstić information content (AvgIpc) is 2.59. The van der Waals surface area contributed by atoms with Crippen molar-refractivity contribution in [3.8, 4) is 23.5 Å². The van der Waals surface area contributed by atoms with E-state index >= 15 is 0 Å². The molecule has 0 aliphatic carbocycles. The van der Waals surface area contributed by atoms with Gasteiger partial charge in [-0.15, -0.1) is 0 Å². The molecule has 1 saturated heterocycles. The van der Waals surface area contributed by atoms with Crippen LogP contribution in [0.25, 0.3) is 0 Å². The molecule has 3 N–H and O–H groups in total. The van der Waals surface area contributed by atoms with E-state index in [1.54, 1.807) is 40.9 Å². The maximum Gasteiger partial charge on any atom is 0.254 e. The molecule has 1 atom stereocenters. The van der Waals surface area contributed by atoms with Crippen LogP contribution in [0.1, 0.15) is 99.6 Å². The number of benzene rings is 7. The third-order valence-corrected chi connectivity index (χ3v) is 15.9. The Morgan fingerprint density at radius 3 is 1.38 bits per heavy atom. The van der Waals surface area contributed by atoms with Crippen molar-refractivity contribution in [3.05, 3.63) is 277 Å². The Bertz CT molecular complexity index is 3970. The van der Waals surface area contributed by atoms with Gasteiger partial charge < -0.3 is 39.4 Å². The minimum Gasteiger partial charge on any atom is -0.473 e. The van der Waals surface area contributed by atoms with Crippen molar-refractivity contribution in [1.82, 2.24) is 30.0 Å². The molecule has 16 nitrogen and oxygen atoms in total. The number of hydrogen-bond donors (Lipinski definition) is 2. The Morgan fingerprint density at radius 2 is 0.888 bits per heavy atom. The molecule has 17 heteroatoms. The van der Waals surface area contributed by atoms with E-state index in [0.29, 0.717) is 95.3 Å². The van der Waals surface area contributed by atoms with Crippen molar-refractivity contribution >= 4 is 51.2 Å². The van der Waals surface area contributed by atoms with E-state index in [0.717, 1.165) is 82.5 Å². The van der Waals surface area contributed by atoms with Crippen LogP contribution in [0.5, 0.6) is 23.5 Å². The molecule has 89 heavy (non-hydrogen) atoms. The van der Waals surface area contributed by atoms with Gasteiger partial charge in [0, 0.05) is 99.6 Å². The number of anilines is 1. The van der Waals surface area contributed by atoms with Crippen LogP contribution in [0.15, 0.2) is 205 Å². The van der Waals surface area contributed by atoms with Crippen LogP contribution in [0.3, 0.4) is 0 Å². The number of pyridine rings is 2. The zero-order chi connectivity index (χ0) is 62.2. The van der Waals surface area contributed by atoms with Crippen molar-refractivity contribution in [2.45, 2.75) is 71.7 Å². The number of rotatable bonds is 16. The fraction of sp³-hybridized carbons (Fsp3) is 0.208. The number of carbonyl (C=O) groups excluding carboxylic acids is 5. The van der Waals surface area contributed by atoms with Gasteiger partial charge in [-0.05, 0) is 121 Å². The molecule has 4 aliphatic heterocycles. The summed E-state index contributed by atoms with van der Waals surface area (Å²) in [4.78, 5) is 72.5. The number of halogens is 1. The van der Waals surface area contributed by atoms with Gasteiger partial charge in [-0.25, -0.2) is 0 Å². The summed E-state index contributed by atoms with van der Waals surface area (Å²) in [6.07, 6.45) is 2.27. The van der Waals surface area contributed by atoms with Gasteiger partial charge in [-0.2, -0.15) is 9.97 Å². The molecule has 0 spiro atoms. The molecule has 0 radical (unpaired) electrons. The first-order valence-corrected chi connectivity index (χ1v) is 30.0. The fourth-order valence-corrected chi connectivity index (χ4v) is 10.8. The molecule has 5 amide bonds. The van der Waals surface area contributed by atoms with Gasteiger partial charge >= 0.3 is 0 Å². The third kappa shape index (κ3) is 16.7. The van der Waals surface area contributed by atoms with E-state index in [1.165, 1.54) is 0 Å². The van der Waals surface area contributed by atoms with Crippen LogP contribution in [0.4, 0.5) is 5.69 Å². The fourth-order valence-electron chi connectivity index (χ4n) is 10.5. The molecular formula is C72H68BrN7O9. The summed E-state index contributed by atoms with van der Waals surface area (Å²) in [5.41, 5.74) is 19.2. The van der Waals surface area contributed by atoms with Gasteiger partial charge in [-0.1, -0.05) is 146 Å². The van der Waals surface area contributed by atoms with Crippen molar-refractivity contribution < 1.29 is 42.9 Å². The van der Waals surface area contributed by atoms with Crippen LogP contribution in [0.2, 0.25) is 0 Å². The zero-order valence-corrected chi connectivity index (χ0v) is 51.4. The van der Waals surface area contributed by atoms with Gasteiger partial charge in [0.1, 0.15) is 26.4 Å². The number of nitrogens with two attached hydrogens (primary N) is 1. The summed E-state index contributed by atoms with van der Waals surface area (Å²) in [6, 6.07) is 64.8. The summed E-state index contributed by atoms with van der Waals surface area (Å²) in [7, 11) is 5.40. The monoisotopic (exact) mass is 1250 g/mol. The number of nitrogens with zero attached hydrogens (tertiary/aromatic N) is 5. The first kappa shape index (κ1) is 61.9. The highest BCUT2D eigenvalue weighted by Gasteiger charge is 2.29. The number of nitrogens with one attached hydrogen (secondary N) is 1. The normalized spacial score (nSPS) is 14.4. The first-order valence-electron chi connectivity index (χ1n) is 29.2. The summed E-state index contributed by atoms with van der Waals surface area (Å²) in [5.74, 6) is 1.84. The van der Waals surface area contributed by atoms with E-state index in [1.807, 2.05) is 189 Å². The number of hydrogen-bond acceptors (Lipinski definition) is 12. The van der Waals surface area contributed by atoms with E-state index in [2.05, 4.69) is 37.3 Å². The van der Waals surface area contributed by atoms with Gasteiger partial charge in [-0.3, -0.25) is 29.3 Å². The highest BCUT2D eigenvalue weighted by atomic mass is 79.9. The Hall–Kier alpha value is -10.1. The number of carbonyl (C=O) groups is 5. The van der Waals surface area contributed by atoms with Crippen LogP contribution >= 0.6 is 15.9 Å². The Kier molecular flexibility index (Phi) is 20.5. The average molecular weight is 1260 g/mol. The molecule has 2 aromatic heterocycles. The maximum absolute atomic E-state index is 12.2. The lowest BCUT2D eigenvalue weighted by molar-refractivity contribution is -0.136. The predicted molar refractivity (Wildman–Crippen MR) is 343 cm³/mol. The summed E-state index contributed by atoms with van der Waals surface area (Å²) >= 11 is 3.46. The lowest BCUT2D eigenvalue weighted by Crippen LogP contribution is -2.41. The highest BCUT2D eigenvalue weighted by molar-refractivity contribution is 9.10. The standard InChI is InChI=1S/C29H26N2O3.C19H16BrNO2.C15H16N2O3.C9H10N2O/c1-31-18-25-17-23(12-14-26(25)29(31)32)16-24-13-15-27(33-19-21-8-4-2-5-9-21)30-28(24)34-20-22-10-6-3-7-11-22;20-17-11-12-18(22-13-15-7-3-1-4-8-15)21-19(17)23-14-16-9-5-2-6-10-16;1-17-8-11-7-9(2-4-12(11)15(17)20)6-10-3-5-13(18)16-14(10)19;1-11-5-6-4-7(10)2-3-8(6)9(11)12/h2-15,17H,16,18-20H2,1H3;1-12H,13-14H2;2,4,7,10H,3,5-6,8H2,1H3,(H,16,18,19);2-4H,5,10H2,1H3. The number of amides is 5. The quantitative estimate of drug-likeness (QED) is 0.0687. The number of aromatic nitrogens is 2. The third-order valence-electron chi connectivity index (χ3n) is 15.3. The second kappa shape index (κ2) is 29.5. The number of ether oxygens (including phenoxy) is 4. The van der Waals surface area contributed by atoms with Crippen LogP contribution in [-0.2, 0) is 68.5 Å². The van der Waals surface area contributed by atoms with Crippen LogP contribution < -0.4 is 30.0 Å². The largest absolute Gasteiger partial charge is 0.473 e. The summed E-state index contributed by atoms with van der Waals surface area (Å²) in [6.45, 7) is 3.76. The van der Waals surface area contributed by atoms with Gasteiger partial charge in [0.15, 0.2) is 0 Å². The highest BCUT2D eigenvalue weighted by Crippen LogP contribution is 2.31. The number of imide groups is 1. The zero-order valence-electron chi connectivity index (χ0n) is 49.8. The molecule has 9 aromatic rings. The predicted octanol–water partition coefficient (Wildman–Crippen LogP) is 12.1. The Morgan fingerprint density at radius 1 is 0.472 bits per heavy atom. The molecular weight excluding hydrogens is 1190 g/mol. The first-order chi connectivity index (χ1) is 43.2. The van der Waals surface area contributed by atoms with Crippen molar-refractivity contribution in [1.29, 1.82) is 0 Å². The van der Waals surface area contributed by atoms with Crippen LogP contribution in [0, 0.1) is 5.92 Å². The van der Waals surface area contributed by atoms with Crippen molar-refractivity contribution in [3.63, 3.8) is 0 Å². The van der Waals surface area contributed by atoms with Gasteiger partial charge in [0.25, 0.3) is 17.7 Å². The summed E-state index contributed by atoms with van der Waals surface area (Å²) < 4.78 is 24.4. The molecule has 1 unspecified atom stereocenters. The molecule has 13 rings (SSSR count). The second-order valence-corrected chi connectivity index (χ2v) is 22.9. The second-order valence-electron chi connectivity index (χ2n) is 22.1. The van der Waals surface area contributed by atoms with E-state index < -0.39 is 0 Å². The molecule has 6 heterocycles. The molecule has 4 aliphatic rings. The van der Waals surface area contributed by atoms with Gasteiger partial charge in [0.05, 0.1) is 4.47 Å². The minimum atomic E-state index is -0.188. The number of piperidine rings is 1. The number of fused-ring (bicyclic) bond motifs is 3. The maximum atomic E-state index is 12.2. The number of nitrogen functional groups attached to an aromatic ring is 1. The molecule has 0 bridgehead atoms. The van der Waals surface area contributed by atoms with Crippen molar-refractivity contribution in [2.24, 2.45) is 5.92 Å². The topological polar surface area (TPSA) is 196 Å². The SMILES string of the molecule is Brc1ccc(OCc2ccccc2)nc1OCc1ccccc1.CN1Cc2cc(CC3CCC(=O)NC3=O)ccc2C1=O.CN1Cc2cc(Cc3ccc(OCc4ccccc4)nc3OCc3ccccc3)ccc2C1=O.CN1Cc2cc(N)ccc2C1=O. The lowest BCUT2D eigenvalue weighted by atomic mass is 9.90. The van der Waals surface area contributed by atoms with E-state index in [9.17, 15) is 24.0 Å². The Balaban J connectivity index is 0.000000139. The molecule has 0 saturated carbocycles. The molecule has 7 aromatic carbocycles. The molecule has 1 fully saturated rings. The van der Waals surface area contributed by atoms with Crippen molar-refractivity contribution in [2.75, 3.05) is 26.9 Å². The molecule has 452 valence electrons. The smallest absolute Gasteiger partial charge is 0.254 e. The summed E-state index contributed by atoms with van der Waals surface area (Å²) in [5, 5.41) is 2.38. The minimum absolute atomic E-state index is 0.0487. The van der Waals surface area contributed by atoms with E-state index in [-0.39, 0.29) is 35.5 Å². The van der Waals surface area contributed by atoms with E-state index in [4.69, 9.17) is 24.7 Å². The Labute approximate surface area is 526 Å². The van der Waals surface area contributed by atoms with Gasteiger partial charge in [0.2, 0.25) is 35.3 Å². The lowest BCUT2D eigenvalue weighted by Gasteiger charge is -2.20. The van der Waals surface area contributed by atoms with Crippen LogP contribution in [-0.4, -0.2) is 75.3 Å².